The molecule has 0 saturated carbocycles. The molecule has 2 aromatic rings. The Morgan fingerprint density at radius 1 is 1.15 bits per heavy atom. The van der Waals surface area contributed by atoms with Gasteiger partial charge in [0.15, 0.2) is 0 Å². The second-order valence-electron chi connectivity index (χ2n) is 4.37. The van der Waals surface area contributed by atoms with Gasteiger partial charge in [0.25, 0.3) is 0 Å². The Balaban J connectivity index is 2.73. The van der Waals surface area contributed by atoms with Crippen LogP contribution in [0.5, 0.6) is 11.5 Å². The lowest BCUT2D eigenvalue weighted by molar-refractivity contribution is -0.139. The van der Waals surface area contributed by atoms with E-state index in [9.17, 15) is 4.79 Å². The molecule has 0 saturated heterocycles. The SMILES string of the molecule is COC(=O)Cc1ccc(OC)c2nc(C)cc(OC)c12. The third kappa shape index (κ3) is 2.52. The van der Waals surface area contributed by atoms with E-state index in [-0.39, 0.29) is 12.4 Å². The van der Waals surface area contributed by atoms with Crippen molar-refractivity contribution in [3.8, 4) is 11.5 Å². The van der Waals surface area contributed by atoms with E-state index in [0.717, 1.165) is 16.6 Å². The van der Waals surface area contributed by atoms with Crippen molar-refractivity contribution in [2.75, 3.05) is 21.3 Å². The first-order chi connectivity index (χ1) is 9.60. The lowest BCUT2D eigenvalue weighted by Crippen LogP contribution is -2.06. The Hall–Kier alpha value is -2.30. The molecule has 0 aliphatic heterocycles. The van der Waals surface area contributed by atoms with E-state index in [1.165, 1.54) is 7.11 Å². The Morgan fingerprint density at radius 2 is 1.85 bits per heavy atom. The molecule has 0 amide bonds. The summed E-state index contributed by atoms with van der Waals surface area (Å²) in [7, 11) is 4.55. The monoisotopic (exact) mass is 275 g/mol. The van der Waals surface area contributed by atoms with Crippen molar-refractivity contribution < 1.29 is 19.0 Å². The number of benzene rings is 1. The topological polar surface area (TPSA) is 57.7 Å². The third-order valence-corrected chi connectivity index (χ3v) is 3.10. The van der Waals surface area contributed by atoms with E-state index in [2.05, 4.69) is 4.98 Å². The van der Waals surface area contributed by atoms with Crippen molar-refractivity contribution in [1.29, 1.82) is 0 Å². The summed E-state index contributed by atoms with van der Waals surface area (Å²) >= 11 is 0. The molecule has 5 nitrogen and oxygen atoms in total. The fourth-order valence-corrected chi connectivity index (χ4v) is 2.17. The maximum absolute atomic E-state index is 11.5. The number of esters is 1. The molecule has 0 atom stereocenters. The normalized spacial score (nSPS) is 10.4. The number of hydrogen-bond acceptors (Lipinski definition) is 5. The van der Waals surface area contributed by atoms with Crippen molar-refractivity contribution in [2.24, 2.45) is 0 Å². The van der Waals surface area contributed by atoms with Crippen molar-refractivity contribution in [3.05, 3.63) is 29.5 Å². The van der Waals surface area contributed by atoms with Gasteiger partial charge in [-0.1, -0.05) is 6.07 Å². The highest BCUT2D eigenvalue weighted by Gasteiger charge is 2.16. The van der Waals surface area contributed by atoms with Crippen LogP contribution in [-0.4, -0.2) is 32.3 Å². The number of pyridine rings is 1. The number of aromatic nitrogens is 1. The van der Waals surface area contributed by atoms with E-state index in [1.54, 1.807) is 20.3 Å². The van der Waals surface area contributed by atoms with Crippen molar-refractivity contribution >= 4 is 16.9 Å². The number of methoxy groups -OCH3 is 3. The molecule has 1 heterocycles. The minimum absolute atomic E-state index is 0.165. The van der Waals surface area contributed by atoms with Gasteiger partial charge < -0.3 is 14.2 Å². The van der Waals surface area contributed by atoms with Gasteiger partial charge in [-0.15, -0.1) is 0 Å². The first-order valence-corrected chi connectivity index (χ1v) is 6.18. The van der Waals surface area contributed by atoms with Gasteiger partial charge in [0.05, 0.1) is 27.8 Å². The molecule has 2 rings (SSSR count). The molecule has 0 unspecified atom stereocenters. The zero-order valence-corrected chi connectivity index (χ0v) is 12.0. The van der Waals surface area contributed by atoms with Crippen LogP contribution in [0, 0.1) is 6.92 Å². The largest absolute Gasteiger partial charge is 0.496 e. The van der Waals surface area contributed by atoms with Crippen molar-refractivity contribution in [2.45, 2.75) is 13.3 Å². The van der Waals surface area contributed by atoms with Crippen LogP contribution in [0.15, 0.2) is 18.2 Å². The van der Waals surface area contributed by atoms with Crippen LogP contribution in [0.4, 0.5) is 0 Å². The maximum atomic E-state index is 11.5. The van der Waals surface area contributed by atoms with E-state index in [0.29, 0.717) is 17.0 Å². The Kier molecular flexibility index (Phi) is 4.08. The summed E-state index contributed by atoms with van der Waals surface area (Å²) in [6.45, 7) is 1.88. The number of hydrogen-bond donors (Lipinski definition) is 0. The van der Waals surface area contributed by atoms with Crippen LogP contribution in [0.1, 0.15) is 11.3 Å². The summed E-state index contributed by atoms with van der Waals surface area (Å²) in [5.74, 6) is 1.01. The number of fused-ring (bicyclic) bond motifs is 1. The summed E-state index contributed by atoms with van der Waals surface area (Å²) in [4.78, 5) is 16.0. The highest BCUT2D eigenvalue weighted by atomic mass is 16.5. The van der Waals surface area contributed by atoms with Gasteiger partial charge in [-0.05, 0) is 18.6 Å². The van der Waals surface area contributed by atoms with E-state index in [4.69, 9.17) is 14.2 Å². The molecule has 0 N–H and O–H groups in total. The second kappa shape index (κ2) is 5.77. The molecule has 0 bridgehead atoms. The van der Waals surface area contributed by atoms with Crippen molar-refractivity contribution in [1.82, 2.24) is 4.98 Å². The van der Waals surface area contributed by atoms with E-state index in [1.807, 2.05) is 19.1 Å². The van der Waals surface area contributed by atoms with Crippen LogP contribution in [0.2, 0.25) is 0 Å². The van der Waals surface area contributed by atoms with Gasteiger partial charge in [0.1, 0.15) is 17.0 Å². The molecule has 0 spiro atoms. The Bertz CT molecular complexity index is 652. The molecule has 5 heteroatoms. The zero-order valence-electron chi connectivity index (χ0n) is 12.0. The molecule has 20 heavy (non-hydrogen) atoms. The van der Waals surface area contributed by atoms with Crippen LogP contribution in [0.3, 0.4) is 0 Å². The third-order valence-electron chi connectivity index (χ3n) is 3.10. The zero-order chi connectivity index (χ0) is 14.7. The second-order valence-corrected chi connectivity index (χ2v) is 4.37. The van der Waals surface area contributed by atoms with Crippen LogP contribution in [-0.2, 0) is 16.0 Å². The standard InChI is InChI=1S/C15H17NO4/c1-9-7-12(19-3)14-10(8-13(17)20-4)5-6-11(18-2)15(14)16-9/h5-7H,8H2,1-4H3. The number of carbonyl (C=O) groups is 1. The summed E-state index contributed by atoms with van der Waals surface area (Å²) in [5.41, 5.74) is 2.31. The molecule has 0 aliphatic rings. The van der Waals surface area contributed by atoms with Gasteiger partial charge in [-0.3, -0.25) is 4.79 Å². The van der Waals surface area contributed by atoms with Crippen molar-refractivity contribution in [3.63, 3.8) is 0 Å². The minimum atomic E-state index is -0.306. The summed E-state index contributed by atoms with van der Waals surface area (Å²) in [6.07, 6.45) is 0.165. The molecule has 0 fully saturated rings. The fourth-order valence-electron chi connectivity index (χ4n) is 2.17. The summed E-state index contributed by atoms with van der Waals surface area (Å²) in [6, 6.07) is 5.46. The predicted molar refractivity (Wildman–Crippen MR) is 75.3 cm³/mol. The summed E-state index contributed by atoms with van der Waals surface area (Å²) in [5, 5.41) is 0.780. The molecule has 0 radical (unpaired) electrons. The average molecular weight is 275 g/mol. The molecule has 0 aliphatic carbocycles. The highest BCUT2D eigenvalue weighted by Crippen LogP contribution is 2.34. The summed E-state index contributed by atoms with van der Waals surface area (Å²) < 4.78 is 15.5. The Labute approximate surface area is 117 Å². The number of rotatable bonds is 4. The Morgan fingerprint density at radius 3 is 2.45 bits per heavy atom. The quantitative estimate of drug-likeness (QED) is 0.801. The van der Waals surface area contributed by atoms with E-state index >= 15 is 0 Å². The first-order valence-electron chi connectivity index (χ1n) is 6.18. The maximum Gasteiger partial charge on any atom is 0.310 e. The van der Waals surface area contributed by atoms with Gasteiger partial charge in [-0.25, -0.2) is 4.98 Å². The fraction of sp³-hybridized carbons (Fsp3) is 0.333. The van der Waals surface area contributed by atoms with Gasteiger partial charge in [0.2, 0.25) is 0 Å². The van der Waals surface area contributed by atoms with E-state index < -0.39 is 0 Å². The average Bonchev–Trinajstić information content (AvgIpc) is 2.46. The number of ether oxygens (including phenoxy) is 3. The minimum Gasteiger partial charge on any atom is -0.496 e. The van der Waals surface area contributed by atoms with Crippen LogP contribution >= 0.6 is 0 Å². The molecule has 1 aromatic heterocycles. The lowest BCUT2D eigenvalue weighted by Gasteiger charge is -2.13. The smallest absolute Gasteiger partial charge is 0.310 e. The molecule has 106 valence electrons. The molecular weight excluding hydrogens is 258 g/mol. The molecular formula is C15H17NO4. The molecule has 1 aromatic carbocycles. The van der Waals surface area contributed by atoms with Gasteiger partial charge in [0, 0.05) is 17.1 Å². The number of nitrogens with zero attached hydrogens (tertiary/aromatic N) is 1. The van der Waals surface area contributed by atoms with Crippen LogP contribution in [0.25, 0.3) is 10.9 Å². The van der Waals surface area contributed by atoms with Crippen LogP contribution < -0.4 is 9.47 Å². The highest BCUT2D eigenvalue weighted by molar-refractivity contribution is 5.95. The van der Waals surface area contributed by atoms with Gasteiger partial charge in [-0.2, -0.15) is 0 Å². The predicted octanol–water partition coefficient (Wildman–Crippen LogP) is 2.28. The van der Waals surface area contributed by atoms with Gasteiger partial charge >= 0.3 is 5.97 Å². The lowest BCUT2D eigenvalue weighted by atomic mass is 10.0. The number of carbonyl (C=O) groups excluding carboxylic acids is 1. The number of aryl methyl sites for hydroxylation is 1. The first kappa shape index (κ1) is 14.1.